The molecule has 0 radical (unpaired) electrons. The molecule has 1 saturated heterocycles. The standard InChI is InChI=1S/C22H25N3O3/c1-4-14-28-19-12-10-17(11-13-19)15-24(3)16-25-20(26)22(2,23-21(25)27)18-8-6-5-7-9-18/h4-13H,1,14-16H2,2-3H3,(H,23,27)/t22-/m1/s1. The number of benzene rings is 2. The number of imide groups is 1. The van der Waals surface area contributed by atoms with Crippen LogP contribution in [0.2, 0.25) is 0 Å². The molecule has 1 fully saturated rings. The number of rotatable bonds is 8. The number of hydrogen-bond acceptors (Lipinski definition) is 4. The van der Waals surface area contributed by atoms with Crippen molar-refractivity contribution >= 4 is 11.9 Å². The van der Waals surface area contributed by atoms with Gasteiger partial charge in [0, 0.05) is 6.54 Å². The van der Waals surface area contributed by atoms with E-state index in [0.29, 0.717) is 13.2 Å². The molecule has 0 aliphatic carbocycles. The highest BCUT2D eigenvalue weighted by atomic mass is 16.5. The minimum absolute atomic E-state index is 0.210. The Bertz CT molecular complexity index is 851. The van der Waals surface area contributed by atoms with E-state index in [1.165, 1.54) is 4.90 Å². The number of nitrogens with one attached hydrogen (secondary N) is 1. The highest BCUT2D eigenvalue weighted by molar-refractivity contribution is 6.07. The monoisotopic (exact) mass is 379 g/mol. The zero-order valence-electron chi connectivity index (χ0n) is 16.2. The predicted molar refractivity (Wildman–Crippen MR) is 108 cm³/mol. The van der Waals surface area contributed by atoms with E-state index in [1.807, 2.05) is 66.5 Å². The van der Waals surface area contributed by atoms with Crippen molar-refractivity contribution in [2.75, 3.05) is 20.3 Å². The maximum Gasteiger partial charge on any atom is 0.326 e. The second-order valence-corrected chi connectivity index (χ2v) is 7.05. The molecule has 3 rings (SSSR count). The van der Waals surface area contributed by atoms with Crippen molar-refractivity contribution < 1.29 is 14.3 Å². The van der Waals surface area contributed by atoms with E-state index in [-0.39, 0.29) is 18.6 Å². The van der Waals surface area contributed by atoms with Crippen LogP contribution in [0.3, 0.4) is 0 Å². The van der Waals surface area contributed by atoms with Gasteiger partial charge in [-0.05, 0) is 37.2 Å². The summed E-state index contributed by atoms with van der Waals surface area (Å²) in [6, 6.07) is 16.6. The molecule has 1 atom stereocenters. The number of nitrogens with zero attached hydrogens (tertiary/aromatic N) is 2. The minimum Gasteiger partial charge on any atom is -0.490 e. The van der Waals surface area contributed by atoms with Crippen LogP contribution in [0.4, 0.5) is 4.79 Å². The molecular weight excluding hydrogens is 354 g/mol. The Balaban J connectivity index is 1.64. The topological polar surface area (TPSA) is 61.9 Å². The van der Waals surface area contributed by atoms with Crippen LogP contribution in [0.15, 0.2) is 67.3 Å². The van der Waals surface area contributed by atoms with E-state index in [0.717, 1.165) is 16.9 Å². The lowest BCUT2D eigenvalue weighted by Gasteiger charge is -2.25. The van der Waals surface area contributed by atoms with Crippen molar-refractivity contribution in [3.8, 4) is 5.75 Å². The van der Waals surface area contributed by atoms with Gasteiger partial charge in [-0.25, -0.2) is 9.69 Å². The summed E-state index contributed by atoms with van der Waals surface area (Å²) in [5.74, 6) is 0.530. The molecule has 0 bridgehead atoms. The number of carbonyl (C=O) groups excluding carboxylic acids is 2. The first-order valence-electron chi connectivity index (χ1n) is 9.15. The van der Waals surface area contributed by atoms with Crippen LogP contribution in [0, 0.1) is 0 Å². The van der Waals surface area contributed by atoms with Crippen LogP contribution in [-0.4, -0.2) is 42.1 Å². The Hall–Kier alpha value is -3.12. The van der Waals surface area contributed by atoms with E-state index in [2.05, 4.69) is 11.9 Å². The molecule has 1 heterocycles. The number of hydrogen-bond donors (Lipinski definition) is 1. The summed E-state index contributed by atoms with van der Waals surface area (Å²) in [5.41, 5.74) is 0.795. The number of amides is 3. The fraction of sp³-hybridized carbons (Fsp3) is 0.273. The van der Waals surface area contributed by atoms with Crippen LogP contribution < -0.4 is 10.1 Å². The smallest absolute Gasteiger partial charge is 0.326 e. The summed E-state index contributed by atoms with van der Waals surface area (Å²) >= 11 is 0. The van der Waals surface area contributed by atoms with Gasteiger partial charge in [0.1, 0.15) is 17.9 Å². The molecule has 6 heteroatoms. The second kappa shape index (κ2) is 8.27. The van der Waals surface area contributed by atoms with Gasteiger partial charge in [0.15, 0.2) is 0 Å². The van der Waals surface area contributed by atoms with Crippen LogP contribution in [-0.2, 0) is 16.9 Å². The highest BCUT2D eigenvalue weighted by Crippen LogP contribution is 2.28. The average Bonchev–Trinajstić information content (AvgIpc) is 2.92. The normalized spacial score (nSPS) is 19.0. The Morgan fingerprint density at radius 3 is 2.46 bits per heavy atom. The molecule has 2 aromatic carbocycles. The second-order valence-electron chi connectivity index (χ2n) is 7.05. The van der Waals surface area contributed by atoms with Crippen molar-refractivity contribution in [3.05, 3.63) is 78.4 Å². The maximum atomic E-state index is 13.0. The summed E-state index contributed by atoms with van der Waals surface area (Å²) in [4.78, 5) is 28.6. The maximum absolute atomic E-state index is 13.0. The summed E-state index contributed by atoms with van der Waals surface area (Å²) in [6.45, 7) is 6.64. The van der Waals surface area contributed by atoms with Gasteiger partial charge in [0.2, 0.25) is 0 Å². The summed E-state index contributed by atoms with van der Waals surface area (Å²) in [5, 5.41) is 2.83. The Labute approximate surface area is 165 Å². The molecule has 28 heavy (non-hydrogen) atoms. The first kappa shape index (κ1) is 19.6. The largest absolute Gasteiger partial charge is 0.490 e. The molecule has 0 unspecified atom stereocenters. The first-order chi connectivity index (χ1) is 13.4. The van der Waals surface area contributed by atoms with Gasteiger partial charge in [-0.15, -0.1) is 0 Å². The van der Waals surface area contributed by atoms with E-state index >= 15 is 0 Å². The zero-order chi connectivity index (χ0) is 20.1. The molecular formula is C22H25N3O3. The fourth-order valence-corrected chi connectivity index (χ4v) is 3.24. The average molecular weight is 379 g/mol. The van der Waals surface area contributed by atoms with Gasteiger partial charge in [-0.2, -0.15) is 0 Å². The van der Waals surface area contributed by atoms with Crippen LogP contribution in [0.5, 0.6) is 5.75 Å². The van der Waals surface area contributed by atoms with E-state index in [4.69, 9.17) is 4.74 Å². The molecule has 3 amide bonds. The molecule has 146 valence electrons. The van der Waals surface area contributed by atoms with E-state index in [1.54, 1.807) is 13.0 Å². The third-order valence-electron chi connectivity index (χ3n) is 4.75. The van der Waals surface area contributed by atoms with Gasteiger partial charge < -0.3 is 10.1 Å². The summed E-state index contributed by atoms with van der Waals surface area (Å²) in [6.07, 6.45) is 1.70. The molecule has 1 aliphatic rings. The van der Waals surface area contributed by atoms with Crippen LogP contribution in [0.25, 0.3) is 0 Å². The van der Waals surface area contributed by atoms with Crippen molar-refractivity contribution in [1.29, 1.82) is 0 Å². The Morgan fingerprint density at radius 2 is 1.82 bits per heavy atom. The third-order valence-corrected chi connectivity index (χ3v) is 4.75. The van der Waals surface area contributed by atoms with Crippen molar-refractivity contribution in [1.82, 2.24) is 15.1 Å². The lowest BCUT2D eigenvalue weighted by molar-refractivity contribution is -0.132. The van der Waals surface area contributed by atoms with Crippen molar-refractivity contribution in [2.24, 2.45) is 0 Å². The highest BCUT2D eigenvalue weighted by Gasteiger charge is 2.49. The first-order valence-corrected chi connectivity index (χ1v) is 9.15. The zero-order valence-corrected chi connectivity index (χ0v) is 16.2. The number of ether oxygens (including phenoxy) is 1. The molecule has 0 spiro atoms. The fourth-order valence-electron chi connectivity index (χ4n) is 3.24. The quantitative estimate of drug-likeness (QED) is 0.566. The SMILES string of the molecule is C=CCOc1ccc(CN(C)CN2C(=O)N[C@](C)(c3ccccc3)C2=O)cc1. The summed E-state index contributed by atoms with van der Waals surface area (Å²) in [7, 11) is 1.88. The van der Waals surface area contributed by atoms with Gasteiger partial charge in [-0.1, -0.05) is 55.1 Å². The van der Waals surface area contributed by atoms with Crippen molar-refractivity contribution in [2.45, 2.75) is 19.0 Å². The predicted octanol–water partition coefficient (Wildman–Crippen LogP) is 3.11. The van der Waals surface area contributed by atoms with Gasteiger partial charge in [0.05, 0.1) is 6.67 Å². The molecule has 6 nitrogen and oxygen atoms in total. The van der Waals surface area contributed by atoms with Crippen LogP contribution >= 0.6 is 0 Å². The number of urea groups is 1. The van der Waals surface area contributed by atoms with E-state index < -0.39 is 5.54 Å². The van der Waals surface area contributed by atoms with Gasteiger partial charge in [-0.3, -0.25) is 9.69 Å². The van der Waals surface area contributed by atoms with Crippen molar-refractivity contribution in [3.63, 3.8) is 0 Å². The Kier molecular flexibility index (Phi) is 5.80. The number of carbonyl (C=O) groups is 2. The lowest BCUT2D eigenvalue weighted by atomic mass is 9.92. The van der Waals surface area contributed by atoms with Gasteiger partial charge in [0.25, 0.3) is 5.91 Å². The van der Waals surface area contributed by atoms with E-state index in [9.17, 15) is 9.59 Å². The summed E-state index contributed by atoms with van der Waals surface area (Å²) < 4.78 is 5.48. The lowest BCUT2D eigenvalue weighted by Crippen LogP contribution is -2.42. The molecule has 2 aromatic rings. The minimum atomic E-state index is -1.04. The molecule has 0 saturated carbocycles. The van der Waals surface area contributed by atoms with Gasteiger partial charge >= 0.3 is 6.03 Å². The molecule has 0 aromatic heterocycles. The Morgan fingerprint density at radius 1 is 1.14 bits per heavy atom. The van der Waals surface area contributed by atoms with Crippen LogP contribution in [0.1, 0.15) is 18.1 Å². The molecule has 1 N–H and O–H groups in total. The third kappa shape index (κ3) is 4.07. The molecule has 1 aliphatic heterocycles.